The van der Waals surface area contributed by atoms with E-state index in [4.69, 9.17) is 0 Å². The van der Waals surface area contributed by atoms with Crippen LogP contribution in [0.2, 0.25) is 0 Å². The highest BCUT2D eigenvalue weighted by molar-refractivity contribution is 5.97. The van der Waals surface area contributed by atoms with Crippen LogP contribution in [0.5, 0.6) is 0 Å². The molecule has 2 aromatic rings. The Bertz CT molecular complexity index is 603. The molecule has 0 radical (unpaired) electrons. The second kappa shape index (κ2) is 4.03. The Kier molecular flexibility index (Phi) is 2.51. The Morgan fingerprint density at radius 3 is 2.82 bits per heavy atom. The maximum Gasteiger partial charge on any atom is -0.00602 e. The average molecular weight is 222 g/mol. The second-order valence-corrected chi connectivity index (χ2v) is 5.07. The zero-order valence-corrected chi connectivity index (χ0v) is 10.6. The molecule has 0 aromatic heterocycles. The van der Waals surface area contributed by atoms with E-state index in [0.717, 1.165) is 6.42 Å². The van der Waals surface area contributed by atoms with Gasteiger partial charge in [-0.2, -0.15) is 0 Å². The van der Waals surface area contributed by atoms with Crippen molar-refractivity contribution >= 4 is 16.8 Å². The highest BCUT2D eigenvalue weighted by Gasteiger charge is 2.12. The van der Waals surface area contributed by atoms with Crippen LogP contribution in [-0.2, 0) is 12.8 Å². The van der Waals surface area contributed by atoms with E-state index >= 15 is 0 Å². The van der Waals surface area contributed by atoms with E-state index in [1.165, 1.54) is 45.9 Å². The van der Waals surface area contributed by atoms with Crippen LogP contribution in [0.4, 0.5) is 0 Å². The van der Waals surface area contributed by atoms with E-state index < -0.39 is 0 Å². The fraction of sp³-hybridized carbons (Fsp3) is 0.294. The van der Waals surface area contributed by atoms with Gasteiger partial charge < -0.3 is 0 Å². The summed E-state index contributed by atoms with van der Waals surface area (Å²) in [5.41, 5.74) is 5.86. The zero-order chi connectivity index (χ0) is 11.8. The summed E-state index contributed by atoms with van der Waals surface area (Å²) in [4.78, 5) is 0. The number of hydrogen-bond donors (Lipinski definition) is 0. The molecule has 0 fully saturated rings. The first-order valence-electron chi connectivity index (χ1n) is 6.50. The third kappa shape index (κ3) is 1.68. The molecule has 2 aromatic carbocycles. The minimum atomic E-state index is 1.11. The lowest BCUT2D eigenvalue weighted by Crippen LogP contribution is -1.99. The Balaban J connectivity index is 2.34. The van der Waals surface area contributed by atoms with E-state index in [-0.39, 0.29) is 0 Å². The molecule has 0 amide bonds. The summed E-state index contributed by atoms with van der Waals surface area (Å²) < 4.78 is 0. The molecule has 0 unspecified atom stereocenters. The predicted octanol–water partition coefficient (Wildman–Crippen LogP) is 4.75. The van der Waals surface area contributed by atoms with Crippen LogP contribution in [0.1, 0.15) is 37.0 Å². The van der Waals surface area contributed by atoms with E-state index in [9.17, 15) is 0 Å². The molecule has 0 saturated carbocycles. The summed E-state index contributed by atoms with van der Waals surface area (Å²) >= 11 is 0. The van der Waals surface area contributed by atoms with Gasteiger partial charge in [0.1, 0.15) is 0 Å². The van der Waals surface area contributed by atoms with Gasteiger partial charge in [-0.1, -0.05) is 55.3 Å². The predicted molar refractivity (Wildman–Crippen MR) is 75.3 cm³/mol. The van der Waals surface area contributed by atoms with Crippen molar-refractivity contribution in [3.05, 3.63) is 52.6 Å². The number of benzene rings is 2. The molecule has 0 nitrogen and oxygen atoms in total. The average Bonchev–Trinajstić information content (AvgIpc) is 2.32. The van der Waals surface area contributed by atoms with Crippen LogP contribution < -0.4 is 0 Å². The summed E-state index contributed by atoms with van der Waals surface area (Å²) in [5, 5.41) is 2.95. The molecule has 1 aliphatic carbocycles. The van der Waals surface area contributed by atoms with Crippen LogP contribution in [-0.4, -0.2) is 0 Å². The first kappa shape index (κ1) is 10.6. The van der Waals surface area contributed by atoms with Gasteiger partial charge in [-0.05, 0) is 47.2 Å². The number of allylic oxidation sites excluding steroid dienone is 1. The third-order valence-corrected chi connectivity index (χ3v) is 3.64. The van der Waals surface area contributed by atoms with Gasteiger partial charge in [0.15, 0.2) is 0 Å². The van der Waals surface area contributed by atoms with Gasteiger partial charge >= 0.3 is 0 Å². The van der Waals surface area contributed by atoms with E-state index in [2.05, 4.69) is 50.3 Å². The van der Waals surface area contributed by atoms with E-state index in [1.807, 2.05) is 0 Å². The molecule has 1 aliphatic rings. The van der Waals surface area contributed by atoms with Gasteiger partial charge in [-0.15, -0.1) is 0 Å². The zero-order valence-electron chi connectivity index (χ0n) is 10.6. The minimum Gasteiger partial charge on any atom is -0.0683 e. The molecule has 0 spiro atoms. The van der Waals surface area contributed by atoms with Gasteiger partial charge in [0.2, 0.25) is 0 Å². The Labute approximate surface area is 103 Å². The van der Waals surface area contributed by atoms with Gasteiger partial charge in [-0.3, -0.25) is 0 Å². The lowest BCUT2D eigenvalue weighted by molar-refractivity contribution is 0.929. The first-order valence-corrected chi connectivity index (χ1v) is 6.50. The number of aryl methyl sites for hydroxylation is 1. The molecular weight excluding hydrogens is 204 g/mol. The van der Waals surface area contributed by atoms with Crippen LogP contribution in [0.25, 0.3) is 16.8 Å². The van der Waals surface area contributed by atoms with Crippen molar-refractivity contribution in [2.75, 3.05) is 0 Å². The quantitative estimate of drug-likeness (QED) is 0.687. The molecule has 0 N–H and O–H groups in total. The SMILES string of the molecule is CCCc1ccc2c3c(cccc13)CC(C)=C2. The molecule has 0 atom stereocenters. The van der Waals surface area contributed by atoms with Crippen LogP contribution in [0.3, 0.4) is 0 Å². The summed E-state index contributed by atoms with van der Waals surface area (Å²) in [6.45, 7) is 4.47. The highest BCUT2D eigenvalue weighted by Crippen LogP contribution is 2.33. The largest absolute Gasteiger partial charge is 0.0683 e. The Morgan fingerprint density at radius 2 is 2.00 bits per heavy atom. The molecule has 0 heterocycles. The second-order valence-electron chi connectivity index (χ2n) is 5.07. The number of rotatable bonds is 2. The van der Waals surface area contributed by atoms with Gasteiger partial charge in [-0.25, -0.2) is 0 Å². The van der Waals surface area contributed by atoms with Crippen molar-refractivity contribution in [2.45, 2.75) is 33.1 Å². The molecule has 0 bridgehead atoms. The van der Waals surface area contributed by atoms with Crippen LogP contribution in [0.15, 0.2) is 35.9 Å². The molecule has 0 saturated heterocycles. The highest BCUT2D eigenvalue weighted by atomic mass is 14.2. The number of hydrogen-bond acceptors (Lipinski definition) is 0. The third-order valence-electron chi connectivity index (χ3n) is 3.64. The fourth-order valence-electron chi connectivity index (χ4n) is 2.94. The Morgan fingerprint density at radius 1 is 1.12 bits per heavy atom. The summed E-state index contributed by atoms with van der Waals surface area (Å²) in [6.07, 6.45) is 5.85. The first-order chi connectivity index (χ1) is 8.29. The van der Waals surface area contributed by atoms with Gasteiger partial charge in [0.05, 0.1) is 0 Å². The normalized spacial score (nSPS) is 13.9. The van der Waals surface area contributed by atoms with Crippen molar-refractivity contribution in [3.8, 4) is 0 Å². The summed E-state index contributed by atoms with van der Waals surface area (Å²) in [7, 11) is 0. The van der Waals surface area contributed by atoms with Crippen molar-refractivity contribution < 1.29 is 0 Å². The van der Waals surface area contributed by atoms with Crippen LogP contribution >= 0.6 is 0 Å². The topological polar surface area (TPSA) is 0 Å². The van der Waals surface area contributed by atoms with E-state index in [0.29, 0.717) is 0 Å². The van der Waals surface area contributed by atoms with E-state index in [1.54, 1.807) is 0 Å². The summed E-state index contributed by atoms with van der Waals surface area (Å²) in [5.74, 6) is 0. The monoisotopic (exact) mass is 222 g/mol. The molecule has 86 valence electrons. The molecular formula is C17H18. The summed E-state index contributed by atoms with van der Waals surface area (Å²) in [6, 6.07) is 11.4. The van der Waals surface area contributed by atoms with Crippen LogP contribution in [0, 0.1) is 0 Å². The molecule has 17 heavy (non-hydrogen) atoms. The fourth-order valence-corrected chi connectivity index (χ4v) is 2.94. The van der Waals surface area contributed by atoms with Gasteiger partial charge in [0, 0.05) is 0 Å². The molecule has 0 aliphatic heterocycles. The maximum atomic E-state index is 2.34. The van der Waals surface area contributed by atoms with Crippen molar-refractivity contribution in [1.82, 2.24) is 0 Å². The molecule has 0 heteroatoms. The standard InChI is InChI=1S/C17H18/c1-3-5-13-8-9-15-11-12(2)10-14-6-4-7-16(13)17(14)15/h4,6-9,11H,3,5,10H2,1-2H3. The van der Waals surface area contributed by atoms with Crippen molar-refractivity contribution in [3.63, 3.8) is 0 Å². The smallest absolute Gasteiger partial charge is 0.00602 e. The van der Waals surface area contributed by atoms with Crippen molar-refractivity contribution in [1.29, 1.82) is 0 Å². The lowest BCUT2D eigenvalue weighted by atomic mass is 9.87. The molecule has 3 rings (SSSR count). The Hall–Kier alpha value is -1.56. The van der Waals surface area contributed by atoms with Crippen molar-refractivity contribution in [2.24, 2.45) is 0 Å². The maximum absolute atomic E-state index is 2.34. The minimum absolute atomic E-state index is 1.11. The lowest BCUT2D eigenvalue weighted by Gasteiger charge is -2.18. The van der Waals surface area contributed by atoms with Gasteiger partial charge in [0.25, 0.3) is 0 Å².